The Morgan fingerprint density at radius 2 is 1.35 bits per heavy atom. The van der Waals surface area contributed by atoms with E-state index >= 15 is 0 Å². The van der Waals surface area contributed by atoms with E-state index in [1.54, 1.807) is 0 Å². The zero-order valence-electron chi connectivity index (χ0n) is 13.1. The van der Waals surface area contributed by atoms with Gasteiger partial charge in [-0.3, -0.25) is 0 Å². The molecule has 0 aromatic rings. The first-order valence-corrected chi connectivity index (χ1v) is 13.2. The van der Waals surface area contributed by atoms with E-state index in [1.165, 1.54) is 38.5 Å². The molecular weight excluding hydrogens is 319 g/mol. The first kappa shape index (κ1) is 21.0. The van der Waals surface area contributed by atoms with Gasteiger partial charge in [0.25, 0.3) is 0 Å². The van der Waals surface area contributed by atoms with Crippen molar-refractivity contribution in [2.75, 3.05) is 0 Å². The molecule has 0 aliphatic rings. The SMILES string of the molecule is C=CCC(CCCC)SP(S)SC(CC=C)CCCC. The summed E-state index contributed by atoms with van der Waals surface area (Å²) in [6.07, 6.45) is 14.2. The summed E-state index contributed by atoms with van der Waals surface area (Å²) in [6, 6.07) is 0. The summed E-state index contributed by atoms with van der Waals surface area (Å²) in [5.41, 5.74) is -0.283. The van der Waals surface area contributed by atoms with E-state index in [0.717, 1.165) is 12.8 Å². The van der Waals surface area contributed by atoms with E-state index in [9.17, 15) is 0 Å². The highest BCUT2D eigenvalue weighted by atomic mass is 33.4. The molecule has 0 nitrogen and oxygen atoms in total. The van der Waals surface area contributed by atoms with Crippen LogP contribution in [0.25, 0.3) is 0 Å². The average Bonchev–Trinajstić information content (AvgIpc) is 2.42. The number of rotatable bonds is 14. The maximum absolute atomic E-state index is 4.86. The molecule has 0 N–H and O–H groups in total. The molecule has 0 spiro atoms. The van der Waals surface area contributed by atoms with Gasteiger partial charge in [-0.25, -0.2) is 0 Å². The Hall–Kier alpha value is 0.960. The average molecular weight is 351 g/mol. The van der Waals surface area contributed by atoms with Gasteiger partial charge in [0, 0.05) is 10.5 Å². The van der Waals surface area contributed by atoms with Crippen LogP contribution in [0, 0.1) is 0 Å². The van der Waals surface area contributed by atoms with Crippen molar-refractivity contribution >= 4 is 40.5 Å². The van der Waals surface area contributed by atoms with Gasteiger partial charge in [0.1, 0.15) is 0 Å². The third kappa shape index (κ3) is 11.6. The van der Waals surface area contributed by atoms with Crippen LogP contribution in [0.2, 0.25) is 0 Å². The normalized spacial score (nSPS) is 15.6. The molecule has 0 heterocycles. The van der Waals surface area contributed by atoms with Crippen molar-refractivity contribution in [3.05, 3.63) is 25.3 Å². The summed E-state index contributed by atoms with van der Waals surface area (Å²) in [4.78, 5) is 0. The fraction of sp³-hybridized carbons (Fsp3) is 0.750. The predicted molar refractivity (Wildman–Crippen MR) is 107 cm³/mol. The Labute approximate surface area is 141 Å². The van der Waals surface area contributed by atoms with E-state index in [1.807, 2.05) is 0 Å². The van der Waals surface area contributed by atoms with Crippen LogP contribution in [0.4, 0.5) is 0 Å². The second kappa shape index (κ2) is 14.9. The zero-order valence-corrected chi connectivity index (χ0v) is 16.5. The molecule has 0 saturated carbocycles. The van der Waals surface area contributed by atoms with Gasteiger partial charge >= 0.3 is 0 Å². The summed E-state index contributed by atoms with van der Waals surface area (Å²) in [5, 5.41) is 1.42. The number of allylic oxidation sites excluding steroid dienone is 2. The summed E-state index contributed by atoms with van der Waals surface area (Å²) < 4.78 is 0. The van der Waals surface area contributed by atoms with E-state index < -0.39 is 0 Å². The van der Waals surface area contributed by atoms with Crippen LogP contribution in [-0.2, 0) is 0 Å². The van der Waals surface area contributed by atoms with Crippen molar-refractivity contribution in [3.8, 4) is 0 Å². The third-order valence-corrected chi connectivity index (χ3v) is 11.0. The topological polar surface area (TPSA) is 0 Å². The maximum Gasteiger partial charge on any atom is 0.0703 e. The summed E-state index contributed by atoms with van der Waals surface area (Å²) in [5.74, 6) is 0. The fourth-order valence-electron chi connectivity index (χ4n) is 1.94. The van der Waals surface area contributed by atoms with Gasteiger partial charge in [-0.05, 0) is 25.7 Å². The number of hydrogen-bond donors (Lipinski definition) is 1. The van der Waals surface area contributed by atoms with Crippen LogP contribution in [0.15, 0.2) is 25.3 Å². The van der Waals surface area contributed by atoms with Crippen LogP contribution in [0.5, 0.6) is 0 Å². The van der Waals surface area contributed by atoms with Crippen molar-refractivity contribution in [2.24, 2.45) is 0 Å². The molecule has 0 amide bonds. The largest absolute Gasteiger partial charge is 0.130 e. The quantitative estimate of drug-likeness (QED) is 0.192. The lowest BCUT2D eigenvalue weighted by Crippen LogP contribution is -2.01. The lowest BCUT2D eigenvalue weighted by molar-refractivity contribution is 0.689. The molecule has 0 aromatic carbocycles. The molecule has 0 aromatic heterocycles. The summed E-state index contributed by atoms with van der Waals surface area (Å²) >= 11 is 9.03. The Morgan fingerprint density at radius 3 is 1.65 bits per heavy atom. The zero-order chi connectivity index (χ0) is 15.2. The van der Waals surface area contributed by atoms with Gasteiger partial charge in [0.15, 0.2) is 0 Å². The minimum atomic E-state index is -0.283. The van der Waals surface area contributed by atoms with Gasteiger partial charge in [-0.2, -0.15) is 0 Å². The number of thiol groups is 1. The van der Waals surface area contributed by atoms with Crippen molar-refractivity contribution in [2.45, 2.75) is 75.7 Å². The van der Waals surface area contributed by atoms with Gasteiger partial charge < -0.3 is 0 Å². The molecule has 0 saturated heterocycles. The molecule has 0 aliphatic heterocycles. The molecule has 118 valence electrons. The van der Waals surface area contributed by atoms with Crippen molar-refractivity contribution in [3.63, 3.8) is 0 Å². The highest BCUT2D eigenvalue weighted by Gasteiger charge is 2.18. The second-order valence-electron chi connectivity index (χ2n) is 5.03. The molecule has 2 unspecified atom stereocenters. The van der Waals surface area contributed by atoms with Gasteiger partial charge in [-0.1, -0.05) is 51.7 Å². The molecule has 2 atom stereocenters. The van der Waals surface area contributed by atoms with Crippen LogP contribution in [0.3, 0.4) is 0 Å². The standard InChI is InChI=1S/C16H31PS3/c1-5-9-13-15(11-7-3)19-17(18)20-16(12-8-4)14-10-6-2/h7-8,15-16,18H,3-6,9-14H2,1-2H3. The van der Waals surface area contributed by atoms with Crippen molar-refractivity contribution < 1.29 is 0 Å². The van der Waals surface area contributed by atoms with E-state index in [-0.39, 0.29) is 5.53 Å². The highest BCUT2D eigenvalue weighted by molar-refractivity contribution is 9.09. The van der Waals surface area contributed by atoms with Crippen LogP contribution in [0.1, 0.15) is 65.2 Å². The van der Waals surface area contributed by atoms with Crippen molar-refractivity contribution in [1.82, 2.24) is 0 Å². The van der Waals surface area contributed by atoms with E-state index in [0.29, 0.717) is 10.5 Å². The fourth-order valence-corrected chi connectivity index (χ4v) is 11.4. The van der Waals surface area contributed by atoms with Gasteiger partial charge in [-0.15, -0.1) is 48.2 Å². The Kier molecular flexibility index (Phi) is 15.6. The van der Waals surface area contributed by atoms with Gasteiger partial charge in [0.05, 0.1) is 5.53 Å². The van der Waals surface area contributed by atoms with E-state index in [4.69, 9.17) is 12.2 Å². The Morgan fingerprint density at radius 1 is 0.950 bits per heavy atom. The smallest absolute Gasteiger partial charge is 0.0703 e. The molecule has 4 heteroatoms. The van der Waals surface area contributed by atoms with Crippen LogP contribution in [-0.4, -0.2) is 10.5 Å². The first-order chi connectivity index (χ1) is 9.67. The van der Waals surface area contributed by atoms with E-state index in [2.05, 4.69) is 61.9 Å². The molecular formula is C16H31PS3. The molecule has 0 bridgehead atoms. The molecule has 0 aliphatic carbocycles. The minimum absolute atomic E-state index is 0.283. The second-order valence-corrected chi connectivity index (χ2v) is 14.2. The highest BCUT2D eigenvalue weighted by Crippen LogP contribution is 2.68. The molecule has 0 fully saturated rings. The third-order valence-electron chi connectivity index (χ3n) is 3.10. The van der Waals surface area contributed by atoms with Gasteiger partial charge in [0.2, 0.25) is 0 Å². The first-order valence-electron chi connectivity index (χ1n) is 7.72. The number of unbranched alkanes of at least 4 members (excludes halogenated alkanes) is 2. The Balaban J connectivity index is 4.19. The van der Waals surface area contributed by atoms with Crippen LogP contribution < -0.4 is 0 Å². The van der Waals surface area contributed by atoms with Crippen molar-refractivity contribution in [1.29, 1.82) is 0 Å². The summed E-state index contributed by atoms with van der Waals surface area (Å²) in [6.45, 7) is 12.3. The molecule has 20 heavy (non-hydrogen) atoms. The molecule has 0 radical (unpaired) electrons. The Bertz CT molecular complexity index is 222. The monoisotopic (exact) mass is 350 g/mol. The van der Waals surface area contributed by atoms with Crippen LogP contribution >= 0.6 is 40.5 Å². The number of hydrogen-bond acceptors (Lipinski definition) is 3. The predicted octanol–water partition coefficient (Wildman–Crippen LogP) is 7.88. The summed E-state index contributed by atoms with van der Waals surface area (Å²) in [7, 11) is 0. The molecule has 0 rings (SSSR count). The maximum atomic E-state index is 4.86. The minimum Gasteiger partial charge on any atom is -0.130 e. The lowest BCUT2D eigenvalue weighted by atomic mass is 10.1. The lowest BCUT2D eigenvalue weighted by Gasteiger charge is -2.22.